The molecule has 1 aromatic carbocycles. The summed E-state index contributed by atoms with van der Waals surface area (Å²) < 4.78 is 28.6. The zero-order valence-corrected chi connectivity index (χ0v) is 21.9. The Morgan fingerprint density at radius 2 is 1.95 bits per heavy atom. The molecule has 2 aromatic heterocycles. The van der Waals surface area contributed by atoms with Crippen LogP contribution >= 0.6 is 0 Å². The zero-order valence-electron chi connectivity index (χ0n) is 21.1. The number of carbonyl (C=O) groups is 2. The van der Waals surface area contributed by atoms with E-state index in [-0.39, 0.29) is 24.1 Å². The maximum Gasteiger partial charge on any atom is 0.410 e. The summed E-state index contributed by atoms with van der Waals surface area (Å²) in [5.74, 6) is -0.182. The highest BCUT2D eigenvalue weighted by molar-refractivity contribution is 7.82. The van der Waals surface area contributed by atoms with E-state index >= 15 is 0 Å². The molecule has 196 valence electrons. The summed E-state index contributed by atoms with van der Waals surface area (Å²) in [6, 6.07) is 10.7. The molecule has 0 saturated carbocycles. The van der Waals surface area contributed by atoms with Crippen LogP contribution in [-0.4, -0.2) is 78.8 Å². The van der Waals surface area contributed by atoms with Crippen molar-refractivity contribution in [1.29, 1.82) is 0 Å². The number of nitrogens with zero attached hydrogens (tertiary/aromatic N) is 4. The van der Waals surface area contributed by atoms with Crippen molar-refractivity contribution in [2.24, 2.45) is 0 Å². The van der Waals surface area contributed by atoms with Crippen LogP contribution in [0.3, 0.4) is 0 Å². The highest BCUT2D eigenvalue weighted by Gasteiger charge is 2.45. The van der Waals surface area contributed by atoms with E-state index in [1.807, 2.05) is 49.3 Å². The molecular formula is C26H31N5O5S. The van der Waals surface area contributed by atoms with Crippen LogP contribution in [-0.2, 0) is 27.0 Å². The smallest absolute Gasteiger partial charge is 0.410 e. The van der Waals surface area contributed by atoms with Crippen molar-refractivity contribution in [3.8, 4) is 0 Å². The standard InChI is InChI=1S/C26H31N5O5S/c1-26(2,3)36-25(33)30-16-21-22(17-30)35-13-12-31(21)37(34)20-7-4-18(5-8-20)14-28-24(32)19-6-9-23-27-10-11-29(23)15-19/h4-11,15,21-22H,12-14,16-17H2,1-3H3,(H,28,32). The van der Waals surface area contributed by atoms with Gasteiger partial charge in [0, 0.05) is 38.2 Å². The molecule has 1 N–H and O–H groups in total. The van der Waals surface area contributed by atoms with Crippen molar-refractivity contribution in [3.05, 3.63) is 66.1 Å². The summed E-state index contributed by atoms with van der Waals surface area (Å²) >= 11 is 0. The number of benzene rings is 1. The van der Waals surface area contributed by atoms with Crippen LogP contribution in [0.2, 0.25) is 0 Å². The monoisotopic (exact) mass is 525 g/mol. The summed E-state index contributed by atoms with van der Waals surface area (Å²) in [6.45, 7) is 7.63. The molecule has 3 atom stereocenters. The van der Waals surface area contributed by atoms with E-state index in [0.29, 0.717) is 43.2 Å². The maximum absolute atomic E-state index is 13.5. The lowest BCUT2D eigenvalue weighted by atomic mass is 10.2. The van der Waals surface area contributed by atoms with Crippen molar-refractivity contribution in [2.45, 2.75) is 50.0 Å². The predicted octanol–water partition coefficient (Wildman–Crippen LogP) is 2.61. The molecule has 37 heavy (non-hydrogen) atoms. The minimum atomic E-state index is -1.41. The Morgan fingerprint density at radius 3 is 2.70 bits per heavy atom. The van der Waals surface area contributed by atoms with Gasteiger partial charge in [0.15, 0.2) is 0 Å². The summed E-state index contributed by atoms with van der Waals surface area (Å²) in [5, 5.41) is 2.92. The molecule has 11 heteroatoms. The molecule has 5 rings (SSSR count). The van der Waals surface area contributed by atoms with Gasteiger partial charge in [0.1, 0.15) is 22.2 Å². The summed E-state index contributed by atoms with van der Waals surface area (Å²) in [4.78, 5) is 31.6. The second-order valence-electron chi connectivity index (χ2n) is 10.2. The Morgan fingerprint density at radius 1 is 1.16 bits per heavy atom. The number of nitrogens with one attached hydrogen (secondary N) is 1. The van der Waals surface area contributed by atoms with Crippen LogP contribution in [0.1, 0.15) is 36.7 Å². The Kier molecular flexibility index (Phi) is 7.02. The van der Waals surface area contributed by atoms with E-state index in [1.54, 1.807) is 40.0 Å². The van der Waals surface area contributed by atoms with E-state index in [2.05, 4.69) is 10.3 Å². The number of aromatic nitrogens is 2. The van der Waals surface area contributed by atoms with Gasteiger partial charge in [-0.2, -0.15) is 0 Å². The normalized spacial score (nSPS) is 21.0. The number of amides is 2. The number of morpholine rings is 1. The Bertz CT molecular complexity index is 1320. The second kappa shape index (κ2) is 10.2. The molecule has 0 aliphatic carbocycles. The van der Waals surface area contributed by atoms with Gasteiger partial charge in [0.05, 0.1) is 35.8 Å². The first-order valence-corrected chi connectivity index (χ1v) is 13.4. The Balaban J connectivity index is 1.19. The van der Waals surface area contributed by atoms with Crippen LogP contribution in [0.25, 0.3) is 5.65 Å². The fourth-order valence-electron chi connectivity index (χ4n) is 4.54. The summed E-state index contributed by atoms with van der Waals surface area (Å²) in [6.07, 6.45) is 4.63. The van der Waals surface area contributed by atoms with E-state index < -0.39 is 16.6 Å². The van der Waals surface area contributed by atoms with Crippen LogP contribution in [0.15, 0.2) is 59.9 Å². The number of hydrogen-bond donors (Lipinski definition) is 1. The van der Waals surface area contributed by atoms with Gasteiger partial charge >= 0.3 is 6.09 Å². The fraction of sp³-hybridized carbons (Fsp3) is 0.423. The number of fused-ring (bicyclic) bond motifs is 2. The topological polar surface area (TPSA) is 105 Å². The van der Waals surface area contributed by atoms with Crippen LogP contribution in [0.5, 0.6) is 0 Å². The molecule has 2 aliphatic rings. The molecule has 0 spiro atoms. The third-order valence-corrected chi connectivity index (χ3v) is 7.90. The number of imidazole rings is 1. The minimum absolute atomic E-state index is 0.172. The second-order valence-corrected chi connectivity index (χ2v) is 11.6. The van der Waals surface area contributed by atoms with Gasteiger partial charge in [-0.15, -0.1) is 0 Å². The molecule has 2 aliphatic heterocycles. The van der Waals surface area contributed by atoms with E-state index in [1.165, 1.54) is 0 Å². The summed E-state index contributed by atoms with van der Waals surface area (Å²) in [5.41, 5.74) is 1.64. The molecule has 2 fully saturated rings. The van der Waals surface area contributed by atoms with E-state index in [9.17, 15) is 13.8 Å². The number of rotatable bonds is 5. The molecule has 2 amide bonds. The molecule has 3 aromatic rings. The molecule has 0 bridgehead atoms. The third kappa shape index (κ3) is 5.68. The fourth-order valence-corrected chi connectivity index (χ4v) is 5.86. The molecule has 10 nitrogen and oxygen atoms in total. The average molecular weight is 526 g/mol. The molecule has 0 radical (unpaired) electrons. The highest BCUT2D eigenvalue weighted by atomic mass is 32.2. The van der Waals surface area contributed by atoms with Crippen molar-refractivity contribution in [2.75, 3.05) is 26.2 Å². The lowest BCUT2D eigenvalue weighted by molar-refractivity contribution is -0.0155. The van der Waals surface area contributed by atoms with Gasteiger partial charge in [0.2, 0.25) is 0 Å². The van der Waals surface area contributed by atoms with Gasteiger partial charge in [0.25, 0.3) is 5.91 Å². The van der Waals surface area contributed by atoms with E-state index in [4.69, 9.17) is 9.47 Å². The predicted molar refractivity (Wildman–Crippen MR) is 137 cm³/mol. The number of ether oxygens (including phenoxy) is 2. The third-order valence-electron chi connectivity index (χ3n) is 6.34. The Hall–Kier alpha value is -3.28. The van der Waals surface area contributed by atoms with Crippen molar-refractivity contribution in [3.63, 3.8) is 0 Å². The first-order chi connectivity index (χ1) is 17.7. The van der Waals surface area contributed by atoms with Crippen molar-refractivity contribution >= 4 is 28.6 Å². The van der Waals surface area contributed by atoms with Crippen molar-refractivity contribution < 1.29 is 23.3 Å². The molecule has 3 unspecified atom stereocenters. The van der Waals surface area contributed by atoms with Crippen LogP contribution < -0.4 is 5.32 Å². The number of carbonyl (C=O) groups excluding carboxylic acids is 2. The quantitative estimate of drug-likeness (QED) is 0.549. The largest absolute Gasteiger partial charge is 0.444 e. The summed E-state index contributed by atoms with van der Waals surface area (Å²) in [7, 11) is -1.41. The molecule has 4 heterocycles. The number of likely N-dealkylation sites (tertiary alicyclic amines) is 1. The number of hydrogen-bond acceptors (Lipinski definition) is 6. The molecular weight excluding hydrogens is 494 g/mol. The first-order valence-electron chi connectivity index (χ1n) is 12.3. The maximum atomic E-state index is 13.5. The molecule has 2 saturated heterocycles. The van der Waals surface area contributed by atoms with Gasteiger partial charge in [-0.1, -0.05) is 12.1 Å². The lowest BCUT2D eigenvalue weighted by Gasteiger charge is -2.35. The van der Waals surface area contributed by atoms with Crippen molar-refractivity contribution in [1.82, 2.24) is 23.9 Å². The van der Waals surface area contributed by atoms with Gasteiger partial charge in [-0.3, -0.25) is 4.79 Å². The van der Waals surface area contributed by atoms with Crippen LogP contribution in [0.4, 0.5) is 4.79 Å². The SMILES string of the molecule is CC(C)(C)OC(=O)N1CC2OCCN(S(=O)c3ccc(CNC(=O)c4ccc5nccn5c4)cc3)C2C1. The number of pyridine rings is 1. The first kappa shape index (κ1) is 25.4. The average Bonchev–Trinajstić information content (AvgIpc) is 3.52. The Labute approximate surface area is 218 Å². The lowest BCUT2D eigenvalue weighted by Crippen LogP contribution is -2.51. The van der Waals surface area contributed by atoms with Gasteiger partial charge < -0.3 is 24.1 Å². The van der Waals surface area contributed by atoms with E-state index in [0.717, 1.165) is 11.2 Å². The minimum Gasteiger partial charge on any atom is -0.444 e. The zero-order chi connectivity index (χ0) is 26.2. The van der Waals surface area contributed by atoms with Crippen LogP contribution in [0, 0.1) is 0 Å². The highest BCUT2D eigenvalue weighted by Crippen LogP contribution is 2.28. The van der Waals surface area contributed by atoms with Gasteiger partial charge in [-0.05, 0) is 50.6 Å². The van der Waals surface area contributed by atoms with Gasteiger partial charge in [-0.25, -0.2) is 18.3 Å².